The molecule has 2 aromatic carbocycles. The lowest BCUT2D eigenvalue weighted by molar-refractivity contribution is 0.0946. The third kappa shape index (κ3) is 4.07. The molecule has 0 saturated carbocycles. The number of ether oxygens (including phenoxy) is 1. The molecule has 0 saturated heterocycles. The summed E-state index contributed by atoms with van der Waals surface area (Å²) < 4.78 is 20.6. The summed E-state index contributed by atoms with van der Waals surface area (Å²) >= 11 is 0. The van der Waals surface area contributed by atoms with Crippen LogP contribution in [0.2, 0.25) is 0 Å². The van der Waals surface area contributed by atoms with Gasteiger partial charge in [0.05, 0.1) is 18.2 Å². The van der Waals surface area contributed by atoms with Crippen LogP contribution < -0.4 is 10.1 Å². The molecule has 4 aromatic rings. The first-order valence-electron chi connectivity index (χ1n) is 9.03. The molecular formula is C21H15FN6O2. The molecule has 2 heterocycles. The fourth-order valence-electron chi connectivity index (χ4n) is 2.81. The number of hydrogen-bond acceptors (Lipinski definition) is 6. The quantitative estimate of drug-likeness (QED) is 0.497. The van der Waals surface area contributed by atoms with Crippen molar-refractivity contribution in [1.29, 1.82) is 5.26 Å². The van der Waals surface area contributed by atoms with E-state index in [2.05, 4.69) is 20.6 Å². The lowest BCUT2D eigenvalue weighted by Gasteiger charge is -2.08. The van der Waals surface area contributed by atoms with Gasteiger partial charge in [0.1, 0.15) is 12.4 Å². The Kier molecular flexibility index (Phi) is 5.30. The maximum absolute atomic E-state index is 13.5. The van der Waals surface area contributed by atoms with E-state index in [9.17, 15) is 9.18 Å². The Hall–Kier alpha value is -4.32. The second-order valence-corrected chi connectivity index (χ2v) is 6.27. The highest BCUT2D eigenvalue weighted by molar-refractivity contribution is 5.94. The zero-order valence-electron chi connectivity index (χ0n) is 15.6. The number of nitriles is 1. The van der Waals surface area contributed by atoms with Crippen molar-refractivity contribution in [3.63, 3.8) is 0 Å². The molecule has 9 heteroatoms. The molecular weight excluding hydrogens is 387 g/mol. The fraction of sp³-hybridized carbons (Fsp3) is 0.0952. The van der Waals surface area contributed by atoms with Crippen LogP contribution in [-0.4, -0.2) is 38.9 Å². The van der Waals surface area contributed by atoms with Crippen molar-refractivity contribution in [2.45, 2.75) is 0 Å². The van der Waals surface area contributed by atoms with Crippen LogP contribution in [-0.2, 0) is 0 Å². The van der Waals surface area contributed by atoms with Gasteiger partial charge in [-0.3, -0.25) is 4.79 Å². The summed E-state index contributed by atoms with van der Waals surface area (Å²) in [5.41, 5.74) is 1.85. The van der Waals surface area contributed by atoms with Crippen LogP contribution in [0.3, 0.4) is 0 Å². The van der Waals surface area contributed by atoms with Gasteiger partial charge in [-0.1, -0.05) is 18.2 Å². The standard InChI is InChI=1S/C21H15FN6O2/c22-17-6-2-4-15(12-17)20-26-25-18-7-8-19(27-28(18)20)30-10-9-24-21(29)16-5-1-3-14(11-16)13-23/h1-8,11-12H,9-10H2,(H,24,29). The number of aromatic nitrogens is 4. The number of hydrogen-bond donors (Lipinski definition) is 1. The minimum absolute atomic E-state index is 0.180. The maximum Gasteiger partial charge on any atom is 0.251 e. The van der Waals surface area contributed by atoms with E-state index in [1.54, 1.807) is 42.5 Å². The highest BCUT2D eigenvalue weighted by Gasteiger charge is 2.11. The first-order valence-corrected chi connectivity index (χ1v) is 9.03. The molecule has 0 bridgehead atoms. The minimum atomic E-state index is -0.382. The van der Waals surface area contributed by atoms with Gasteiger partial charge in [-0.25, -0.2) is 4.39 Å². The molecule has 30 heavy (non-hydrogen) atoms. The van der Waals surface area contributed by atoms with Gasteiger partial charge in [-0.2, -0.15) is 9.78 Å². The van der Waals surface area contributed by atoms with Gasteiger partial charge in [-0.15, -0.1) is 15.3 Å². The van der Waals surface area contributed by atoms with Gasteiger partial charge >= 0.3 is 0 Å². The van der Waals surface area contributed by atoms with Crippen molar-refractivity contribution < 1.29 is 13.9 Å². The Morgan fingerprint density at radius 1 is 1.13 bits per heavy atom. The molecule has 0 atom stereocenters. The Bertz CT molecular complexity index is 1260. The number of fused-ring (bicyclic) bond motifs is 1. The Labute approximate surface area is 170 Å². The van der Waals surface area contributed by atoms with Crippen molar-refractivity contribution in [2.24, 2.45) is 0 Å². The van der Waals surface area contributed by atoms with Gasteiger partial charge in [-0.05, 0) is 36.4 Å². The summed E-state index contributed by atoms with van der Waals surface area (Å²) in [4.78, 5) is 12.2. The highest BCUT2D eigenvalue weighted by Crippen LogP contribution is 2.19. The van der Waals surface area contributed by atoms with Gasteiger partial charge in [0.15, 0.2) is 11.5 Å². The normalized spacial score (nSPS) is 10.5. The van der Waals surface area contributed by atoms with Crippen molar-refractivity contribution in [3.8, 4) is 23.3 Å². The van der Waals surface area contributed by atoms with Gasteiger partial charge < -0.3 is 10.1 Å². The average molecular weight is 402 g/mol. The number of benzene rings is 2. The van der Waals surface area contributed by atoms with Gasteiger partial charge in [0, 0.05) is 17.2 Å². The van der Waals surface area contributed by atoms with Crippen LogP contribution in [0, 0.1) is 17.1 Å². The predicted octanol–water partition coefficient (Wildman–Crippen LogP) is 2.61. The fourth-order valence-corrected chi connectivity index (χ4v) is 2.81. The molecule has 0 radical (unpaired) electrons. The topological polar surface area (TPSA) is 105 Å². The monoisotopic (exact) mass is 402 g/mol. The molecule has 148 valence electrons. The maximum atomic E-state index is 13.5. The molecule has 0 unspecified atom stereocenters. The molecule has 1 N–H and O–H groups in total. The number of carbonyl (C=O) groups excluding carboxylic acids is 1. The Morgan fingerprint density at radius 3 is 2.83 bits per heavy atom. The van der Waals surface area contributed by atoms with Crippen LogP contribution in [0.25, 0.3) is 17.0 Å². The molecule has 2 aromatic heterocycles. The molecule has 1 amide bonds. The average Bonchev–Trinajstić information content (AvgIpc) is 3.20. The van der Waals surface area contributed by atoms with Crippen molar-refractivity contribution >= 4 is 11.6 Å². The lowest BCUT2D eigenvalue weighted by atomic mass is 10.1. The minimum Gasteiger partial charge on any atom is -0.475 e. The van der Waals surface area contributed by atoms with E-state index in [-0.39, 0.29) is 24.9 Å². The third-order valence-electron chi connectivity index (χ3n) is 4.21. The lowest BCUT2D eigenvalue weighted by Crippen LogP contribution is -2.28. The summed E-state index contributed by atoms with van der Waals surface area (Å²) in [6, 6.07) is 17.7. The van der Waals surface area contributed by atoms with Crippen molar-refractivity contribution in [1.82, 2.24) is 25.1 Å². The Morgan fingerprint density at radius 2 is 2.00 bits per heavy atom. The van der Waals surface area contributed by atoms with Crippen molar-refractivity contribution in [3.05, 3.63) is 77.6 Å². The van der Waals surface area contributed by atoms with E-state index in [0.29, 0.717) is 34.0 Å². The van der Waals surface area contributed by atoms with E-state index in [0.717, 1.165) is 0 Å². The number of amides is 1. The second kappa shape index (κ2) is 8.36. The van der Waals surface area contributed by atoms with E-state index >= 15 is 0 Å². The second-order valence-electron chi connectivity index (χ2n) is 6.27. The number of rotatable bonds is 6. The van der Waals surface area contributed by atoms with Crippen LogP contribution in [0.4, 0.5) is 4.39 Å². The smallest absolute Gasteiger partial charge is 0.251 e. The molecule has 4 rings (SSSR count). The summed E-state index contributed by atoms with van der Waals surface area (Å²) in [6.07, 6.45) is 0. The molecule has 0 aliphatic rings. The number of nitrogens with zero attached hydrogens (tertiary/aromatic N) is 5. The van der Waals surface area contributed by atoms with E-state index in [4.69, 9.17) is 10.00 Å². The first kappa shape index (κ1) is 19.0. The molecule has 0 aliphatic carbocycles. The third-order valence-corrected chi connectivity index (χ3v) is 4.21. The van der Waals surface area contributed by atoms with Gasteiger partial charge in [0.25, 0.3) is 5.91 Å². The first-order chi connectivity index (χ1) is 14.6. The van der Waals surface area contributed by atoms with Crippen LogP contribution >= 0.6 is 0 Å². The largest absolute Gasteiger partial charge is 0.475 e. The molecule has 0 fully saturated rings. The zero-order chi connectivity index (χ0) is 20.9. The van der Waals surface area contributed by atoms with Crippen LogP contribution in [0.1, 0.15) is 15.9 Å². The SMILES string of the molecule is N#Cc1cccc(C(=O)NCCOc2ccc3nnc(-c4cccc(F)c4)n3n2)c1. The highest BCUT2D eigenvalue weighted by atomic mass is 19.1. The van der Waals surface area contributed by atoms with Gasteiger partial charge in [0.2, 0.25) is 5.88 Å². The molecule has 0 aliphatic heterocycles. The number of nitrogens with one attached hydrogen (secondary N) is 1. The summed E-state index contributed by atoms with van der Waals surface area (Å²) in [6.45, 7) is 0.424. The summed E-state index contributed by atoms with van der Waals surface area (Å²) in [7, 11) is 0. The molecule has 0 spiro atoms. The number of carbonyl (C=O) groups is 1. The van der Waals surface area contributed by atoms with Crippen LogP contribution in [0.5, 0.6) is 5.88 Å². The van der Waals surface area contributed by atoms with Crippen molar-refractivity contribution in [2.75, 3.05) is 13.2 Å². The van der Waals surface area contributed by atoms with E-state index < -0.39 is 0 Å². The van der Waals surface area contributed by atoms with Crippen LogP contribution in [0.15, 0.2) is 60.7 Å². The van der Waals surface area contributed by atoms with E-state index in [1.165, 1.54) is 22.7 Å². The predicted molar refractivity (Wildman–Crippen MR) is 105 cm³/mol. The van der Waals surface area contributed by atoms with E-state index in [1.807, 2.05) is 6.07 Å². The Balaban J connectivity index is 1.40. The zero-order valence-corrected chi connectivity index (χ0v) is 15.6. The summed E-state index contributed by atoms with van der Waals surface area (Å²) in [5, 5.41) is 24.1. The number of halogens is 1. The summed E-state index contributed by atoms with van der Waals surface area (Å²) in [5.74, 6) is 0.0142. The molecule has 8 nitrogen and oxygen atoms in total.